The molecule has 1 atom stereocenters. The molecule has 26 heavy (non-hydrogen) atoms. The van der Waals surface area contributed by atoms with Gasteiger partial charge in [0.15, 0.2) is 11.5 Å². The van der Waals surface area contributed by atoms with Gasteiger partial charge in [0.25, 0.3) is 0 Å². The molecule has 0 radical (unpaired) electrons. The summed E-state index contributed by atoms with van der Waals surface area (Å²) in [7, 11) is 0. The minimum Gasteiger partial charge on any atom is -0.463 e. The third-order valence-electron chi connectivity index (χ3n) is 3.82. The van der Waals surface area contributed by atoms with E-state index < -0.39 is 24.0 Å². The number of rotatable bonds is 5. The standard InChI is InChI=1S/C17H18N2O7/c1-3-23-16(21)14-9(2)18-17(22)19-11(14)7-24-15(20)10-4-5-12-13(6-10)26-8-25-12/h4-6,9H,3,7-8H2,1-2H3,(H2,18,19,22)/t9-/m1/s1. The average Bonchev–Trinajstić information content (AvgIpc) is 3.06. The number of nitrogens with one attached hydrogen (secondary N) is 2. The highest BCUT2D eigenvalue weighted by molar-refractivity contribution is 5.95. The molecule has 2 heterocycles. The zero-order chi connectivity index (χ0) is 18.7. The maximum atomic E-state index is 12.3. The van der Waals surface area contributed by atoms with E-state index in [2.05, 4.69) is 10.6 Å². The van der Waals surface area contributed by atoms with E-state index in [9.17, 15) is 14.4 Å². The predicted octanol–water partition coefficient (Wildman–Crippen LogP) is 1.09. The van der Waals surface area contributed by atoms with Crippen molar-refractivity contribution in [3.63, 3.8) is 0 Å². The Labute approximate surface area is 149 Å². The quantitative estimate of drug-likeness (QED) is 0.754. The van der Waals surface area contributed by atoms with Crippen molar-refractivity contribution < 1.29 is 33.3 Å². The van der Waals surface area contributed by atoms with E-state index in [1.54, 1.807) is 26.0 Å². The molecule has 9 heteroatoms. The molecular weight excluding hydrogens is 344 g/mol. The first kappa shape index (κ1) is 17.6. The van der Waals surface area contributed by atoms with Gasteiger partial charge in [0.2, 0.25) is 6.79 Å². The van der Waals surface area contributed by atoms with Crippen LogP contribution in [-0.4, -0.2) is 44.0 Å². The number of amides is 2. The Kier molecular flexibility index (Phi) is 4.97. The van der Waals surface area contributed by atoms with Gasteiger partial charge in [0.1, 0.15) is 6.61 Å². The van der Waals surface area contributed by atoms with E-state index in [0.29, 0.717) is 11.5 Å². The molecule has 0 fully saturated rings. The zero-order valence-electron chi connectivity index (χ0n) is 14.3. The summed E-state index contributed by atoms with van der Waals surface area (Å²) in [6, 6.07) is 3.60. The monoisotopic (exact) mass is 362 g/mol. The largest absolute Gasteiger partial charge is 0.463 e. The van der Waals surface area contributed by atoms with E-state index in [1.807, 2.05) is 0 Å². The van der Waals surface area contributed by atoms with Crippen molar-refractivity contribution in [1.82, 2.24) is 10.6 Å². The van der Waals surface area contributed by atoms with Crippen LogP contribution in [0.3, 0.4) is 0 Å². The van der Waals surface area contributed by atoms with Gasteiger partial charge in [0, 0.05) is 0 Å². The van der Waals surface area contributed by atoms with Gasteiger partial charge in [0.05, 0.1) is 29.5 Å². The lowest BCUT2D eigenvalue weighted by Crippen LogP contribution is -2.50. The Morgan fingerprint density at radius 1 is 1.19 bits per heavy atom. The summed E-state index contributed by atoms with van der Waals surface area (Å²) < 4.78 is 20.6. The van der Waals surface area contributed by atoms with E-state index in [-0.39, 0.29) is 36.8 Å². The van der Waals surface area contributed by atoms with Gasteiger partial charge in [-0.25, -0.2) is 14.4 Å². The summed E-state index contributed by atoms with van der Waals surface area (Å²) in [5.74, 6) is -0.205. The summed E-state index contributed by atoms with van der Waals surface area (Å²) >= 11 is 0. The lowest BCUT2D eigenvalue weighted by Gasteiger charge is -2.26. The molecule has 0 spiro atoms. The highest BCUT2D eigenvalue weighted by atomic mass is 16.7. The van der Waals surface area contributed by atoms with Crippen LogP contribution in [0.1, 0.15) is 24.2 Å². The van der Waals surface area contributed by atoms with Crippen molar-refractivity contribution in [2.24, 2.45) is 0 Å². The van der Waals surface area contributed by atoms with Gasteiger partial charge >= 0.3 is 18.0 Å². The van der Waals surface area contributed by atoms with Crippen LogP contribution in [0.2, 0.25) is 0 Å². The van der Waals surface area contributed by atoms with Crippen LogP contribution in [-0.2, 0) is 14.3 Å². The number of hydrogen-bond donors (Lipinski definition) is 2. The molecule has 2 N–H and O–H groups in total. The van der Waals surface area contributed by atoms with Gasteiger partial charge in [-0.3, -0.25) is 0 Å². The molecule has 3 rings (SSSR count). The number of ether oxygens (including phenoxy) is 4. The Morgan fingerprint density at radius 3 is 2.73 bits per heavy atom. The predicted molar refractivity (Wildman–Crippen MR) is 87.6 cm³/mol. The molecular formula is C17H18N2O7. The molecule has 0 aromatic heterocycles. The van der Waals surface area contributed by atoms with Crippen LogP contribution in [0.5, 0.6) is 11.5 Å². The topological polar surface area (TPSA) is 112 Å². The van der Waals surface area contributed by atoms with E-state index in [0.717, 1.165) is 0 Å². The Balaban J connectivity index is 1.74. The van der Waals surface area contributed by atoms with E-state index in [4.69, 9.17) is 18.9 Å². The molecule has 2 aliphatic rings. The third kappa shape index (κ3) is 3.56. The van der Waals surface area contributed by atoms with Crippen molar-refractivity contribution in [1.29, 1.82) is 0 Å². The molecule has 2 aliphatic heterocycles. The number of carbonyl (C=O) groups is 3. The van der Waals surface area contributed by atoms with Crippen LogP contribution >= 0.6 is 0 Å². The first-order chi connectivity index (χ1) is 12.5. The minimum atomic E-state index is -0.626. The van der Waals surface area contributed by atoms with Gasteiger partial charge < -0.3 is 29.6 Å². The van der Waals surface area contributed by atoms with Crippen LogP contribution in [0, 0.1) is 0 Å². The van der Waals surface area contributed by atoms with Crippen molar-refractivity contribution >= 4 is 18.0 Å². The Bertz CT molecular complexity index is 787. The molecule has 1 aromatic rings. The first-order valence-corrected chi connectivity index (χ1v) is 8.04. The summed E-state index contributed by atoms with van der Waals surface area (Å²) in [5.41, 5.74) is 0.666. The summed E-state index contributed by atoms with van der Waals surface area (Å²) in [5, 5.41) is 5.06. The molecule has 1 aromatic carbocycles. The van der Waals surface area contributed by atoms with Gasteiger partial charge in [-0.15, -0.1) is 0 Å². The molecule has 0 aliphatic carbocycles. The van der Waals surface area contributed by atoms with Gasteiger partial charge in [-0.1, -0.05) is 0 Å². The van der Waals surface area contributed by atoms with Crippen LogP contribution in [0.25, 0.3) is 0 Å². The lowest BCUT2D eigenvalue weighted by atomic mass is 10.0. The smallest absolute Gasteiger partial charge is 0.338 e. The minimum absolute atomic E-state index is 0.0978. The lowest BCUT2D eigenvalue weighted by molar-refractivity contribution is -0.139. The normalized spacial score (nSPS) is 18.1. The second-order valence-electron chi connectivity index (χ2n) is 5.58. The molecule has 0 unspecified atom stereocenters. The van der Waals surface area contributed by atoms with Crippen molar-refractivity contribution in [2.45, 2.75) is 19.9 Å². The molecule has 0 bridgehead atoms. The number of fused-ring (bicyclic) bond motifs is 1. The van der Waals surface area contributed by atoms with Crippen molar-refractivity contribution in [2.75, 3.05) is 20.0 Å². The van der Waals surface area contributed by atoms with Crippen LogP contribution in [0.15, 0.2) is 29.5 Å². The van der Waals surface area contributed by atoms with E-state index >= 15 is 0 Å². The molecule has 0 saturated carbocycles. The highest BCUT2D eigenvalue weighted by Crippen LogP contribution is 2.32. The summed E-state index contributed by atoms with van der Waals surface area (Å²) in [6.07, 6.45) is 0. The maximum Gasteiger partial charge on any atom is 0.338 e. The fraction of sp³-hybridized carbons (Fsp3) is 0.353. The van der Waals surface area contributed by atoms with Gasteiger partial charge in [-0.05, 0) is 32.0 Å². The molecule has 2 amide bonds. The number of carbonyl (C=O) groups excluding carboxylic acids is 3. The summed E-state index contributed by atoms with van der Waals surface area (Å²) in [6.45, 7) is 3.33. The fourth-order valence-electron chi connectivity index (χ4n) is 2.64. The molecule has 0 saturated heterocycles. The van der Waals surface area contributed by atoms with Crippen molar-refractivity contribution in [3.05, 3.63) is 35.0 Å². The zero-order valence-corrected chi connectivity index (χ0v) is 14.3. The number of urea groups is 1. The Morgan fingerprint density at radius 2 is 1.96 bits per heavy atom. The van der Waals surface area contributed by atoms with Gasteiger partial charge in [-0.2, -0.15) is 0 Å². The second kappa shape index (κ2) is 7.34. The number of benzene rings is 1. The third-order valence-corrected chi connectivity index (χ3v) is 3.82. The number of esters is 2. The molecule has 9 nitrogen and oxygen atoms in total. The molecule has 138 valence electrons. The fourth-order valence-corrected chi connectivity index (χ4v) is 2.64. The number of hydrogen-bond acceptors (Lipinski definition) is 7. The SMILES string of the molecule is CCOC(=O)C1=C(COC(=O)c2ccc3c(c2)OCO3)NC(=O)N[C@@H]1C. The van der Waals surface area contributed by atoms with E-state index in [1.165, 1.54) is 6.07 Å². The maximum absolute atomic E-state index is 12.3. The van der Waals surface area contributed by atoms with Crippen LogP contribution in [0.4, 0.5) is 4.79 Å². The van der Waals surface area contributed by atoms with Crippen molar-refractivity contribution in [3.8, 4) is 11.5 Å². The summed E-state index contributed by atoms with van der Waals surface area (Å²) in [4.78, 5) is 36.1. The average molecular weight is 362 g/mol. The Hall–Kier alpha value is -3.23. The second-order valence-corrected chi connectivity index (χ2v) is 5.58. The highest BCUT2D eigenvalue weighted by Gasteiger charge is 2.30. The first-order valence-electron chi connectivity index (χ1n) is 8.04. The van der Waals surface area contributed by atoms with Crippen LogP contribution < -0.4 is 20.1 Å².